The first-order valence-electron chi connectivity index (χ1n) is 5.89. The quantitative estimate of drug-likeness (QED) is 0.632. The summed E-state index contributed by atoms with van der Waals surface area (Å²) in [6.07, 6.45) is 5.97. The van der Waals surface area contributed by atoms with Gasteiger partial charge in [0.15, 0.2) is 0 Å². The fourth-order valence-electron chi connectivity index (χ4n) is 1.81. The molecule has 2 heterocycles. The molecule has 1 atom stereocenters. The van der Waals surface area contributed by atoms with Gasteiger partial charge in [0.25, 0.3) is 0 Å². The van der Waals surface area contributed by atoms with Crippen LogP contribution in [0.1, 0.15) is 24.1 Å². The molecule has 5 nitrogen and oxygen atoms in total. The Hall–Kier alpha value is -2.05. The molecular weight excluding hydrogens is 247 g/mol. The number of pyridine rings is 2. The summed E-state index contributed by atoms with van der Waals surface area (Å²) in [6, 6.07) is 2.80. The maximum atomic E-state index is 13.2. The van der Waals surface area contributed by atoms with E-state index in [1.165, 1.54) is 6.07 Å². The summed E-state index contributed by atoms with van der Waals surface area (Å²) in [5, 5.41) is 0. The highest BCUT2D eigenvalue weighted by Gasteiger charge is 2.14. The highest BCUT2D eigenvalue weighted by atomic mass is 19.1. The largest absolute Gasteiger partial charge is 0.492 e. The Morgan fingerprint density at radius 2 is 1.89 bits per heavy atom. The molecule has 0 radical (unpaired) electrons. The molecule has 0 aliphatic rings. The third-order valence-electron chi connectivity index (χ3n) is 2.60. The van der Waals surface area contributed by atoms with Gasteiger partial charge in [-0.15, -0.1) is 0 Å². The Labute approximate surface area is 110 Å². The van der Waals surface area contributed by atoms with E-state index in [1.54, 1.807) is 18.6 Å². The zero-order valence-corrected chi connectivity index (χ0v) is 10.5. The average Bonchev–Trinajstić information content (AvgIpc) is 2.41. The zero-order chi connectivity index (χ0) is 13.7. The minimum atomic E-state index is -0.410. The first-order valence-corrected chi connectivity index (χ1v) is 5.89. The number of hydrazine groups is 1. The Morgan fingerprint density at radius 1 is 1.21 bits per heavy atom. The molecule has 2 rings (SSSR count). The molecule has 19 heavy (non-hydrogen) atoms. The van der Waals surface area contributed by atoms with Crippen molar-refractivity contribution < 1.29 is 9.13 Å². The average molecular weight is 262 g/mol. The van der Waals surface area contributed by atoms with E-state index in [-0.39, 0.29) is 0 Å². The van der Waals surface area contributed by atoms with Crippen LogP contribution in [0.15, 0.2) is 36.9 Å². The number of rotatable bonds is 5. The minimum absolute atomic E-state index is 0.392. The number of hydrogen-bond donors (Lipinski definition) is 2. The van der Waals surface area contributed by atoms with Gasteiger partial charge in [-0.25, -0.2) is 9.82 Å². The van der Waals surface area contributed by atoms with Crippen molar-refractivity contribution in [3.05, 3.63) is 53.9 Å². The summed E-state index contributed by atoms with van der Waals surface area (Å²) < 4.78 is 18.6. The van der Waals surface area contributed by atoms with Gasteiger partial charge < -0.3 is 4.74 Å². The van der Waals surface area contributed by atoms with E-state index >= 15 is 0 Å². The molecule has 0 saturated heterocycles. The second-order valence-electron chi connectivity index (χ2n) is 3.92. The number of halogens is 1. The predicted molar refractivity (Wildman–Crippen MR) is 68.8 cm³/mol. The van der Waals surface area contributed by atoms with Crippen molar-refractivity contribution in [2.75, 3.05) is 6.61 Å². The second kappa shape index (κ2) is 6.21. The molecule has 0 saturated carbocycles. The van der Waals surface area contributed by atoms with Gasteiger partial charge >= 0.3 is 0 Å². The summed E-state index contributed by atoms with van der Waals surface area (Å²) >= 11 is 0. The third-order valence-corrected chi connectivity index (χ3v) is 2.60. The normalized spacial score (nSPS) is 12.2. The zero-order valence-electron chi connectivity index (χ0n) is 10.5. The van der Waals surface area contributed by atoms with Crippen LogP contribution < -0.4 is 16.0 Å². The molecule has 100 valence electrons. The van der Waals surface area contributed by atoms with Crippen LogP contribution >= 0.6 is 0 Å². The van der Waals surface area contributed by atoms with Gasteiger partial charge in [0.2, 0.25) is 0 Å². The van der Waals surface area contributed by atoms with Crippen LogP contribution in [0.3, 0.4) is 0 Å². The highest BCUT2D eigenvalue weighted by molar-refractivity contribution is 5.32. The van der Waals surface area contributed by atoms with Gasteiger partial charge in [0.05, 0.1) is 25.0 Å². The van der Waals surface area contributed by atoms with Crippen LogP contribution in [-0.4, -0.2) is 16.6 Å². The molecule has 2 aromatic rings. The summed E-state index contributed by atoms with van der Waals surface area (Å²) in [5.74, 6) is 5.77. The van der Waals surface area contributed by atoms with Crippen molar-refractivity contribution in [2.24, 2.45) is 5.84 Å². The van der Waals surface area contributed by atoms with Crippen LogP contribution in [-0.2, 0) is 0 Å². The molecule has 1 unspecified atom stereocenters. The molecular formula is C13H15FN4O. The topological polar surface area (TPSA) is 73.1 Å². The fraction of sp³-hybridized carbons (Fsp3) is 0.231. The summed E-state index contributed by atoms with van der Waals surface area (Å²) in [4.78, 5) is 7.90. The predicted octanol–water partition coefficient (Wildman–Crippen LogP) is 1.57. The molecule has 0 spiro atoms. The number of hydrogen-bond acceptors (Lipinski definition) is 5. The number of nitrogens with one attached hydrogen (secondary N) is 1. The lowest BCUT2D eigenvalue weighted by Gasteiger charge is -2.16. The van der Waals surface area contributed by atoms with Crippen LogP contribution in [0.5, 0.6) is 5.75 Å². The van der Waals surface area contributed by atoms with E-state index < -0.39 is 11.9 Å². The van der Waals surface area contributed by atoms with E-state index in [0.717, 1.165) is 11.8 Å². The monoisotopic (exact) mass is 262 g/mol. The molecule has 0 fully saturated rings. The highest BCUT2D eigenvalue weighted by Crippen LogP contribution is 2.23. The molecule has 0 amide bonds. The summed E-state index contributed by atoms with van der Waals surface area (Å²) in [5.41, 5.74) is 4.03. The Balaban J connectivity index is 2.33. The Morgan fingerprint density at radius 3 is 2.53 bits per heavy atom. The molecule has 0 aliphatic carbocycles. The van der Waals surface area contributed by atoms with Gasteiger partial charge in [0, 0.05) is 12.4 Å². The van der Waals surface area contributed by atoms with Gasteiger partial charge in [-0.05, 0) is 30.2 Å². The van der Waals surface area contributed by atoms with Crippen LogP contribution in [0.25, 0.3) is 0 Å². The fourth-order valence-corrected chi connectivity index (χ4v) is 1.81. The Kier molecular flexibility index (Phi) is 4.38. The third kappa shape index (κ3) is 3.24. The van der Waals surface area contributed by atoms with Crippen LogP contribution in [0.4, 0.5) is 4.39 Å². The number of aromatic nitrogens is 2. The number of nitrogens with two attached hydrogens (primary N) is 1. The van der Waals surface area contributed by atoms with Gasteiger partial charge in [-0.3, -0.25) is 15.8 Å². The molecule has 0 bridgehead atoms. The van der Waals surface area contributed by atoms with Gasteiger partial charge in [-0.2, -0.15) is 0 Å². The SMILES string of the molecule is CCOc1cncc(C(NN)c2cncc(F)c2)c1. The van der Waals surface area contributed by atoms with Gasteiger partial charge in [0.1, 0.15) is 11.6 Å². The Bertz CT molecular complexity index is 550. The molecule has 0 aromatic carbocycles. The number of ether oxygens (including phenoxy) is 1. The van der Waals surface area contributed by atoms with E-state index in [1.807, 2.05) is 13.0 Å². The first-order chi connectivity index (χ1) is 9.24. The number of nitrogens with zero attached hydrogens (tertiary/aromatic N) is 2. The van der Waals surface area contributed by atoms with Crippen LogP contribution in [0, 0.1) is 5.82 Å². The maximum Gasteiger partial charge on any atom is 0.141 e. The standard InChI is InChI=1S/C13H15FN4O/c1-2-19-12-4-10(6-17-8-12)13(18-15)9-3-11(14)7-16-5-9/h3-8,13,18H,2,15H2,1H3. The lowest BCUT2D eigenvalue weighted by Crippen LogP contribution is -2.29. The van der Waals surface area contributed by atoms with Crippen molar-refractivity contribution in [1.82, 2.24) is 15.4 Å². The molecule has 6 heteroatoms. The molecule has 0 aliphatic heterocycles. The van der Waals surface area contributed by atoms with E-state index in [4.69, 9.17) is 10.6 Å². The molecule has 2 aromatic heterocycles. The lowest BCUT2D eigenvalue weighted by atomic mass is 10.0. The van der Waals surface area contributed by atoms with Crippen molar-refractivity contribution in [2.45, 2.75) is 13.0 Å². The smallest absolute Gasteiger partial charge is 0.141 e. The van der Waals surface area contributed by atoms with Crippen molar-refractivity contribution in [1.29, 1.82) is 0 Å². The van der Waals surface area contributed by atoms with E-state index in [9.17, 15) is 4.39 Å². The van der Waals surface area contributed by atoms with Crippen molar-refractivity contribution in [3.63, 3.8) is 0 Å². The summed E-state index contributed by atoms with van der Waals surface area (Å²) in [6.45, 7) is 2.44. The van der Waals surface area contributed by atoms with E-state index in [2.05, 4.69) is 15.4 Å². The molecule has 3 N–H and O–H groups in total. The summed E-state index contributed by atoms with van der Waals surface area (Å²) in [7, 11) is 0. The van der Waals surface area contributed by atoms with E-state index in [0.29, 0.717) is 17.9 Å². The lowest BCUT2D eigenvalue weighted by molar-refractivity contribution is 0.338. The van der Waals surface area contributed by atoms with Crippen molar-refractivity contribution >= 4 is 0 Å². The maximum absolute atomic E-state index is 13.2. The van der Waals surface area contributed by atoms with Crippen LogP contribution in [0.2, 0.25) is 0 Å². The second-order valence-corrected chi connectivity index (χ2v) is 3.92. The van der Waals surface area contributed by atoms with Crippen molar-refractivity contribution in [3.8, 4) is 5.75 Å². The minimum Gasteiger partial charge on any atom is -0.492 e. The van der Waals surface area contributed by atoms with Gasteiger partial charge in [-0.1, -0.05) is 0 Å². The first kappa shape index (κ1) is 13.4.